The number of nitrogens with one attached hydrogen (secondary N) is 1. The second-order valence-corrected chi connectivity index (χ2v) is 9.34. The van der Waals surface area contributed by atoms with Crippen LogP contribution in [-0.4, -0.2) is 33.8 Å². The van der Waals surface area contributed by atoms with Gasteiger partial charge in [0.2, 0.25) is 5.91 Å². The summed E-state index contributed by atoms with van der Waals surface area (Å²) in [5, 5.41) is 23.3. The fraction of sp³-hybridized carbons (Fsp3) is 0.0370. The lowest BCUT2D eigenvalue weighted by Crippen LogP contribution is -2.29. The number of carboxylic acid groups (broad SMARTS) is 1. The zero-order valence-electron chi connectivity index (χ0n) is 19.2. The van der Waals surface area contributed by atoms with E-state index in [1.54, 1.807) is 42.5 Å². The van der Waals surface area contributed by atoms with Crippen LogP contribution in [-0.2, 0) is 19.2 Å². The van der Waals surface area contributed by atoms with Crippen LogP contribution in [0.2, 0.25) is 15.1 Å². The summed E-state index contributed by atoms with van der Waals surface area (Å²) in [7, 11) is 0. The van der Waals surface area contributed by atoms with E-state index >= 15 is 0 Å². The summed E-state index contributed by atoms with van der Waals surface area (Å²) in [6, 6.07) is 15.9. The first-order valence-electron chi connectivity index (χ1n) is 10.9. The van der Waals surface area contributed by atoms with Crippen molar-refractivity contribution < 1.29 is 29.4 Å². The van der Waals surface area contributed by atoms with Crippen molar-refractivity contribution in [1.29, 1.82) is 0 Å². The lowest BCUT2D eigenvalue weighted by molar-refractivity contribution is -0.132. The topological polar surface area (TPSA) is 124 Å². The highest BCUT2D eigenvalue weighted by Gasteiger charge is 2.47. The molecule has 0 aromatic heterocycles. The molecule has 1 aliphatic rings. The highest BCUT2D eigenvalue weighted by atomic mass is 35.5. The molecule has 1 atom stereocenters. The number of halogens is 3. The van der Waals surface area contributed by atoms with Gasteiger partial charge >= 0.3 is 5.97 Å². The van der Waals surface area contributed by atoms with Gasteiger partial charge in [0.25, 0.3) is 11.7 Å². The van der Waals surface area contributed by atoms with Crippen LogP contribution < -0.4 is 10.2 Å². The monoisotopic (exact) mass is 570 g/mol. The Hall–Kier alpha value is -4.11. The molecule has 1 unspecified atom stereocenters. The van der Waals surface area contributed by atoms with Crippen molar-refractivity contribution in [2.24, 2.45) is 0 Å². The Morgan fingerprint density at radius 3 is 2.24 bits per heavy atom. The van der Waals surface area contributed by atoms with E-state index in [-0.39, 0.29) is 21.8 Å². The van der Waals surface area contributed by atoms with E-state index in [2.05, 4.69) is 5.32 Å². The molecule has 0 radical (unpaired) electrons. The number of benzene rings is 3. The number of hydrogen-bond acceptors (Lipinski definition) is 5. The number of hydrogen-bond donors (Lipinski definition) is 3. The molecule has 2 amide bonds. The molecule has 0 spiro atoms. The molecule has 3 aromatic carbocycles. The quantitative estimate of drug-likeness (QED) is 0.194. The summed E-state index contributed by atoms with van der Waals surface area (Å²) in [4.78, 5) is 50.5. The Labute approximate surface area is 231 Å². The highest BCUT2D eigenvalue weighted by molar-refractivity contribution is 6.52. The van der Waals surface area contributed by atoms with Gasteiger partial charge in [0, 0.05) is 33.4 Å². The van der Waals surface area contributed by atoms with Gasteiger partial charge in [-0.3, -0.25) is 19.3 Å². The average Bonchev–Trinajstić information content (AvgIpc) is 3.14. The number of Topliss-reactive ketones (excluding diaryl/α,β-unsaturated/α-hetero) is 1. The van der Waals surface area contributed by atoms with E-state index in [4.69, 9.17) is 39.9 Å². The van der Waals surface area contributed by atoms with Crippen molar-refractivity contribution in [2.75, 3.05) is 10.2 Å². The minimum atomic E-state index is -1.32. The van der Waals surface area contributed by atoms with Crippen molar-refractivity contribution in [3.63, 3.8) is 0 Å². The molecular formula is C27H17Cl3N2O6. The normalized spacial score (nSPS) is 16.7. The first-order chi connectivity index (χ1) is 18.1. The van der Waals surface area contributed by atoms with Crippen molar-refractivity contribution in [3.8, 4) is 0 Å². The third-order valence-electron chi connectivity index (χ3n) is 5.59. The Morgan fingerprint density at radius 2 is 1.58 bits per heavy atom. The van der Waals surface area contributed by atoms with Gasteiger partial charge in [-0.15, -0.1) is 0 Å². The maximum Gasteiger partial charge on any atom is 0.328 e. The fourth-order valence-corrected chi connectivity index (χ4v) is 4.41. The van der Waals surface area contributed by atoms with E-state index in [0.29, 0.717) is 27.4 Å². The number of aliphatic carboxylic acids is 1. The number of aliphatic hydroxyl groups excluding tert-OH is 1. The molecule has 192 valence electrons. The molecule has 8 nitrogen and oxygen atoms in total. The predicted octanol–water partition coefficient (Wildman–Crippen LogP) is 5.85. The van der Waals surface area contributed by atoms with E-state index in [0.717, 1.165) is 6.08 Å². The third-order valence-corrected chi connectivity index (χ3v) is 6.41. The van der Waals surface area contributed by atoms with Gasteiger partial charge in [-0.05, 0) is 54.1 Å². The first kappa shape index (κ1) is 26.9. The molecule has 0 bridgehead atoms. The molecule has 11 heteroatoms. The zero-order chi connectivity index (χ0) is 27.6. The van der Waals surface area contributed by atoms with Crippen LogP contribution in [0.5, 0.6) is 0 Å². The number of nitrogens with zero attached hydrogens (tertiary/aromatic N) is 1. The van der Waals surface area contributed by atoms with E-state index < -0.39 is 35.4 Å². The summed E-state index contributed by atoms with van der Waals surface area (Å²) < 4.78 is 0. The fourth-order valence-electron chi connectivity index (χ4n) is 3.93. The van der Waals surface area contributed by atoms with Crippen LogP contribution in [0.3, 0.4) is 0 Å². The molecule has 1 heterocycles. The summed E-state index contributed by atoms with van der Waals surface area (Å²) in [6.45, 7) is 0. The summed E-state index contributed by atoms with van der Waals surface area (Å²) in [5.74, 6) is -4.43. The number of rotatable bonds is 6. The number of anilines is 2. The Morgan fingerprint density at radius 1 is 0.868 bits per heavy atom. The summed E-state index contributed by atoms with van der Waals surface area (Å²) >= 11 is 18.4. The number of carbonyl (C=O) groups excluding carboxylic acids is 3. The maximum atomic E-state index is 13.3. The van der Waals surface area contributed by atoms with Gasteiger partial charge in [0.1, 0.15) is 5.76 Å². The molecule has 1 fully saturated rings. The van der Waals surface area contributed by atoms with Crippen LogP contribution in [0.4, 0.5) is 11.4 Å². The van der Waals surface area contributed by atoms with Gasteiger partial charge in [-0.25, -0.2) is 4.79 Å². The molecular weight excluding hydrogens is 555 g/mol. The number of ketones is 1. The number of aliphatic hydroxyl groups is 1. The van der Waals surface area contributed by atoms with Crippen LogP contribution in [0.1, 0.15) is 17.2 Å². The first-order valence-corrected chi connectivity index (χ1v) is 12.0. The van der Waals surface area contributed by atoms with Gasteiger partial charge < -0.3 is 15.5 Å². The van der Waals surface area contributed by atoms with Gasteiger partial charge in [0.05, 0.1) is 22.3 Å². The molecule has 3 N–H and O–H groups in total. The Balaban J connectivity index is 1.85. The summed E-state index contributed by atoms with van der Waals surface area (Å²) in [6.07, 6.45) is 1.44. The average molecular weight is 572 g/mol. The smallest absolute Gasteiger partial charge is 0.328 e. The predicted molar refractivity (Wildman–Crippen MR) is 145 cm³/mol. The van der Waals surface area contributed by atoms with Crippen LogP contribution in [0.15, 0.2) is 84.5 Å². The van der Waals surface area contributed by atoms with Crippen LogP contribution in [0.25, 0.3) is 5.76 Å². The van der Waals surface area contributed by atoms with Crippen molar-refractivity contribution in [3.05, 3.63) is 111 Å². The third kappa shape index (κ3) is 5.57. The number of amides is 2. The Bertz CT molecular complexity index is 1530. The summed E-state index contributed by atoms with van der Waals surface area (Å²) in [5.41, 5.74) is 0.754. The molecule has 0 saturated carbocycles. The van der Waals surface area contributed by atoms with Crippen LogP contribution in [0, 0.1) is 0 Å². The standard InChI is InChI=1S/C27H17Cl3N2O6/c28-16-7-4-14(5-8-16)24-23(26(37)27(38)32(24)18-3-1-2-17(29)13-18)25(36)15-6-9-19(30)20(12-15)31-21(33)10-11-22(34)35/h1-13,24,36H,(H,31,33)(H,34,35)/b11-10+,25-23?. The lowest BCUT2D eigenvalue weighted by atomic mass is 9.95. The minimum Gasteiger partial charge on any atom is -0.507 e. The van der Waals surface area contributed by atoms with Gasteiger partial charge in [0.15, 0.2) is 0 Å². The largest absolute Gasteiger partial charge is 0.507 e. The molecule has 0 aliphatic carbocycles. The second-order valence-electron chi connectivity index (χ2n) is 8.06. The van der Waals surface area contributed by atoms with Gasteiger partial charge in [-0.2, -0.15) is 0 Å². The second kappa shape index (κ2) is 11.1. The molecule has 1 saturated heterocycles. The molecule has 4 rings (SSSR count). The number of carbonyl (C=O) groups is 4. The van der Waals surface area contributed by atoms with Crippen LogP contribution >= 0.6 is 34.8 Å². The zero-order valence-corrected chi connectivity index (χ0v) is 21.5. The Kier molecular flexibility index (Phi) is 7.87. The van der Waals surface area contributed by atoms with Crippen molar-refractivity contribution in [1.82, 2.24) is 0 Å². The van der Waals surface area contributed by atoms with E-state index in [1.165, 1.54) is 29.2 Å². The minimum absolute atomic E-state index is 0.0443. The maximum absolute atomic E-state index is 13.3. The van der Waals surface area contributed by atoms with Crippen molar-refractivity contribution in [2.45, 2.75) is 6.04 Å². The van der Waals surface area contributed by atoms with E-state index in [1.807, 2.05) is 0 Å². The van der Waals surface area contributed by atoms with Gasteiger partial charge in [-0.1, -0.05) is 53.0 Å². The lowest BCUT2D eigenvalue weighted by Gasteiger charge is -2.25. The molecule has 1 aliphatic heterocycles. The SMILES string of the molecule is O=C(O)/C=C/C(=O)Nc1cc(C(O)=C2C(=O)C(=O)N(c3cccc(Cl)c3)C2c2ccc(Cl)cc2)ccc1Cl. The molecule has 38 heavy (non-hydrogen) atoms. The van der Waals surface area contributed by atoms with Crippen molar-refractivity contribution >= 4 is 75.5 Å². The van der Waals surface area contributed by atoms with E-state index in [9.17, 15) is 24.3 Å². The number of carboxylic acids is 1. The highest BCUT2D eigenvalue weighted by Crippen LogP contribution is 2.43. The molecule has 3 aromatic rings.